The number of carbonyl (C=O) groups excluding carboxylic acids is 1. The summed E-state index contributed by atoms with van der Waals surface area (Å²) in [4.78, 5) is 18.9. The molecule has 0 saturated carbocycles. The van der Waals surface area contributed by atoms with Gasteiger partial charge in [0.25, 0.3) is 0 Å². The van der Waals surface area contributed by atoms with E-state index in [4.69, 9.17) is 9.47 Å². The highest BCUT2D eigenvalue weighted by molar-refractivity contribution is 5.85. The van der Waals surface area contributed by atoms with Crippen molar-refractivity contribution in [3.8, 4) is 22.6 Å². The Morgan fingerprint density at radius 2 is 1.72 bits per heavy atom. The van der Waals surface area contributed by atoms with Gasteiger partial charge in [-0.3, -0.25) is 4.79 Å². The van der Waals surface area contributed by atoms with Gasteiger partial charge in [0.2, 0.25) is 0 Å². The summed E-state index contributed by atoms with van der Waals surface area (Å²) in [6.45, 7) is 0. The third-order valence-electron chi connectivity index (χ3n) is 2.55. The van der Waals surface area contributed by atoms with E-state index in [1.165, 1.54) is 13.4 Å². The maximum absolute atomic E-state index is 11.0. The van der Waals surface area contributed by atoms with Crippen LogP contribution in [0.15, 0.2) is 30.9 Å². The number of benzene rings is 1. The normalized spacial score (nSPS) is 9.89. The lowest BCUT2D eigenvalue weighted by molar-refractivity contribution is 0.112. The van der Waals surface area contributed by atoms with Gasteiger partial charge in [-0.05, 0) is 6.07 Å². The number of aldehydes is 1. The van der Waals surface area contributed by atoms with E-state index in [0.29, 0.717) is 17.1 Å². The van der Waals surface area contributed by atoms with Crippen LogP contribution in [0.5, 0.6) is 11.5 Å². The lowest BCUT2D eigenvalue weighted by Gasteiger charge is -2.12. The molecule has 0 aliphatic rings. The Balaban J connectivity index is 2.63. The molecule has 0 N–H and O–H groups in total. The Kier molecular flexibility index (Phi) is 3.52. The van der Waals surface area contributed by atoms with E-state index in [-0.39, 0.29) is 0 Å². The zero-order chi connectivity index (χ0) is 13.0. The zero-order valence-corrected chi connectivity index (χ0v) is 10.1. The number of ether oxygens (including phenoxy) is 2. The number of rotatable bonds is 4. The maximum Gasteiger partial charge on any atom is 0.153 e. The average molecular weight is 244 g/mol. The number of hydrogen-bond donors (Lipinski definition) is 0. The molecular formula is C13H12N2O3. The van der Waals surface area contributed by atoms with Crippen LogP contribution in [0.3, 0.4) is 0 Å². The molecule has 18 heavy (non-hydrogen) atoms. The van der Waals surface area contributed by atoms with Gasteiger partial charge in [0.1, 0.15) is 17.8 Å². The van der Waals surface area contributed by atoms with Crippen LogP contribution in [0.25, 0.3) is 11.1 Å². The van der Waals surface area contributed by atoms with E-state index in [0.717, 1.165) is 17.4 Å². The SMILES string of the molecule is COc1cc(OC)c(-c2cncnc2)cc1C=O. The number of hydrogen-bond acceptors (Lipinski definition) is 5. The fourth-order valence-corrected chi connectivity index (χ4v) is 1.68. The zero-order valence-electron chi connectivity index (χ0n) is 10.1. The van der Waals surface area contributed by atoms with Gasteiger partial charge in [0, 0.05) is 29.6 Å². The second kappa shape index (κ2) is 5.27. The molecule has 92 valence electrons. The van der Waals surface area contributed by atoms with Crippen LogP contribution in [-0.4, -0.2) is 30.5 Å². The van der Waals surface area contributed by atoms with Crippen molar-refractivity contribution >= 4 is 6.29 Å². The molecule has 0 atom stereocenters. The van der Waals surface area contributed by atoms with E-state index in [1.807, 2.05) is 0 Å². The molecular weight excluding hydrogens is 232 g/mol. The summed E-state index contributed by atoms with van der Waals surface area (Å²) in [5.74, 6) is 1.08. The molecule has 0 saturated heterocycles. The van der Waals surface area contributed by atoms with E-state index in [2.05, 4.69) is 9.97 Å². The van der Waals surface area contributed by atoms with Gasteiger partial charge in [-0.1, -0.05) is 0 Å². The molecule has 2 rings (SSSR count). The predicted molar refractivity (Wildman–Crippen MR) is 66.0 cm³/mol. The van der Waals surface area contributed by atoms with E-state index < -0.39 is 0 Å². The maximum atomic E-state index is 11.0. The monoisotopic (exact) mass is 244 g/mol. The third kappa shape index (κ3) is 2.15. The third-order valence-corrected chi connectivity index (χ3v) is 2.55. The van der Waals surface area contributed by atoms with Crippen molar-refractivity contribution in [2.24, 2.45) is 0 Å². The van der Waals surface area contributed by atoms with Crippen molar-refractivity contribution in [2.75, 3.05) is 14.2 Å². The van der Waals surface area contributed by atoms with Crippen LogP contribution in [0, 0.1) is 0 Å². The summed E-state index contributed by atoms with van der Waals surface area (Å²) in [7, 11) is 3.07. The van der Waals surface area contributed by atoms with Gasteiger partial charge in [0.15, 0.2) is 6.29 Å². The van der Waals surface area contributed by atoms with Crippen molar-refractivity contribution in [2.45, 2.75) is 0 Å². The van der Waals surface area contributed by atoms with Gasteiger partial charge in [-0.25, -0.2) is 9.97 Å². The minimum absolute atomic E-state index is 0.456. The van der Waals surface area contributed by atoms with E-state index in [1.54, 1.807) is 31.6 Å². The lowest BCUT2D eigenvalue weighted by atomic mass is 10.0. The summed E-state index contributed by atoms with van der Waals surface area (Å²) in [5.41, 5.74) is 1.98. The molecule has 0 aliphatic heterocycles. The number of nitrogens with zero attached hydrogens (tertiary/aromatic N) is 2. The van der Waals surface area contributed by atoms with E-state index in [9.17, 15) is 4.79 Å². The Hall–Kier alpha value is -2.43. The molecule has 0 aliphatic carbocycles. The molecule has 5 nitrogen and oxygen atoms in total. The van der Waals surface area contributed by atoms with Gasteiger partial charge in [-0.2, -0.15) is 0 Å². The van der Waals surface area contributed by atoms with Gasteiger partial charge < -0.3 is 9.47 Å². The minimum atomic E-state index is 0.456. The average Bonchev–Trinajstić information content (AvgIpc) is 2.46. The summed E-state index contributed by atoms with van der Waals surface area (Å²) in [5, 5.41) is 0. The minimum Gasteiger partial charge on any atom is -0.496 e. The fraction of sp³-hybridized carbons (Fsp3) is 0.154. The highest BCUT2D eigenvalue weighted by atomic mass is 16.5. The van der Waals surface area contributed by atoms with Crippen molar-refractivity contribution in [3.63, 3.8) is 0 Å². The Labute approximate surface area is 104 Å². The number of aromatic nitrogens is 2. The van der Waals surface area contributed by atoms with Crippen molar-refractivity contribution < 1.29 is 14.3 Å². The highest BCUT2D eigenvalue weighted by Crippen LogP contribution is 2.34. The van der Waals surface area contributed by atoms with Gasteiger partial charge >= 0.3 is 0 Å². The molecule has 0 amide bonds. The van der Waals surface area contributed by atoms with Crippen LogP contribution in [0.2, 0.25) is 0 Å². The molecule has 0 radical (unpaired) electrons. The smallest absolute Gasteiger partial charge is 0.153 e. The predicted octanol–water partition coefficient (Wildman–Crippen LogP) is 1.97. The number of carbonyl (C=O) groups is 1. The van der Waals surface area contributed by atoms with Crippen molar-refractivity contribution in [1.82, 2.24) is 9.97 Å². The van der Waals surface area contributed by atoms with Gasteiger partial charge in [0.05, 0.1) is 19.8 Å². The summed E-state index contributed by atoms with van der Waals surface area (Å²) < 4.78 is 10.4. The van der Waals surface area contributed by atoms with Crippen LogP contribution in [-0.2, 0) is 0 Å². The van der Waals surface area contributed by atoms with Gasteiger partial charge in [-0.15, -0.1) is 0 Å². The van der Waals surface area contributed by atoms with Crippen LogP contribution < -0.4 is 9.47 Å². The first-order valence-electron chi connectivity index (χ1n) is 5.26. The van der Waals surface area contributed by atoms with Crippen molar-refractivity contribution in [3.05, 3.63) is 36.4 Å². The molecule has 0 spiro atoms. The largest absolute Gasteiger partial charge is 0.496 e. The first kappa shape index (κ1) is 12.0. The van der Waals surface area contributed by atoms with E-state index >= 15 is 0 Å². The molecule has 0 fully saturated rings. The molecule has 5 heteroatoms. The first-order chi connectivity index (χ1) is 8.80. The first-order valence-corrected chi connectivity index (χ1v) is 5.26. The summed E-state index contributed by atoms with van der Waals surface area (Å²) in [6.07, 6.45) is 5.50. The highest BCUT2D eigenvalue weighted by Gasteiger charge is 2.12. The van der Waals surface area contributed by atoms with Crippen molar-refractivity contribution in [1.29, 1.82) is 0 Å². The van der Waals surface area contributed by atoms with Crippen LogP contribution in [0.1, 0.15) is 10.4 Å². The Bertz CT molecular complexity index is 556. The quantitative estimate of drug-likeness (QED) is 0.769. The molecule has 1 aromatic heterocycles. The second-order valence-corrected chi connectivity index (χ2v) is 3.54. The van der Waals surface area contributed by atoms with Crippen LogP contribution >= 0.6 is 0 Å². The molecule has 0 bridgehead atoms. The standard InChI is InChI=1S/C13H12N2O3/c1-17-12-4-13(18-2)11(3-9(12)7-16)10-5-14-8-15-6-10/h3-8H,1-2H3. The van der Waals surface area contributed by atoms with Crippen LogP contribution in [0.4, 0.5) is 0 Å². The molecule has 1 aromatic carbocycles. The topological polar surface area (TPSA) is 61.3 Å². The molecule has 1 heterocycles. The summed E-state index contributed by atoms with van der Waals surface area (Å²) >= 11 is 0. The Morgan fingerprint density at radius 1 is 1.06 bits per heavy atom. The number of methoxy groups -OCH3 is 2. The Morgan fingerprint density at radius 3 is 2.28 bits per heavy atom. The lowest BCUT2D eigenvalue weighted by Crippen LogP contribution is -1.96. The fourth-order valence-electron chi connectivity index (χ4n) is 1.68. The summed E-state index contributed by atoms with van der Waals surface area (Å²) in [6, 6.07) is 3.37. The second-order valence-electron chi connectivity index (χ2n) is 3.54. The molecule has 2 aromatic rings. The molecule has 0 unspecified atom stereocenters.